The fraction of sp³-hybridized carbons (Fsp3) is 0.600. The summed E-state index contributed by atoms with van der Waals surface area (Å²) in [5, 5.41) is 0. The van der Waals surface area contributed by atoms with E-state index in [0.717, 1.165) is 30.8 Å². The molecule has 0 saturated heterocycles. The minimum Gasteiger partial charge on any atom is -0.466 e. The second-order valence-electron chi connectivity index (χ2n) is 2.97. The van der Waals surface area contributed by atoms with Crippen LogP contribution in [0.1, 0.15) is 37.4 Å². The van der Waals surface area contributed by atoms with Gasteiger partial charge in [-0.2, -0.15) is 0 Å². The molecule has 12 heavy (non-hydrogen) atoms. The summed E-state index contributed by atoms with van der Waals surface area (Å²) in [6.45, 7) is 4.83. The lowest BCUT2D eigenvalue weighted by molar-refractivity contribution is 0.464. The first kappa shape index (κ1) is 9.33. The Morgan fingerprint density at radius 1 is 1.42 bits per heavy atom. The smallest absolute Gasteiger partial charge is 0.108 e. The molecule has 1 aromatic rings. The van der Waals surface area contributed by atoms with Crippen molar-refractivity contribution in [2.45, 2.75) is 39.7 Å². The van der Waals surface area contributed by atoms with Gasteiger partial charge in [0.2, 0.25) is 0 Å². The third-order valence-corrected chi connectivity index (χ3v) is 1.99. The largest absolute Gasteiger partial charge is 0.466 e. The number of rotatable bonds is 4. The van der Waals surface area contributed by atoms with Crippen LogP contribution in [-0.4, -0.2) is 0 Å². The summed E-state index contributed by atoms with van der Waals surface area (Å²) in [4.78, 5) is 0. The Kier molecular flexibility index (Phi) is 3.35. The van der Waals surface area contributed by atoms with E-state index < -0.39 is 0 Å². The summed E-state index contributed by atoms with van der Waals surface area (Å²) in [6.07, 6.45) is 3.09. The Hall–Kier alpha value is -0.760. The van der Waals surface area contributed by atoms with E-state index in [1.54, 1.807) is 0 Å². The van der Waals surface area contributed by atoms with Gasteiger partial charge in [-0.3, -0.25) is 0 Å². The average molecular weight is 167 g/mol. The van der Waals surface area contributed by atoms with Crippen molar-refractivity contribution in [3.8, 4) is 0 Å². The van der Waals surface area contributed by atoms with Crippen molar-refractivity contribution in [1.29, 1.82) is 0 Å². The highest BCUT2D eigenvalue weighted by atomic mass is 16.3. The van der Waals surface area contributed by atoms with Gasteiger partial charge in [-0.15, -0.1) is 0 Å². The molecule has 2 heteroatoms. The zero-order valence-corrected chi connectivity index (χ0v) is 7.89. The van der Waals surface area contributed by atoms with Crippen LogP contribution in [0.15, 0.2) is 10.5 Å². The zero-order chi connectivity index (χ0) is 8.97. The van der Waals surface area contributed by atoms with Gasteiger partial charge in [-0.05, 0) is 12.5 Å². The molecule has 1 heterocycles. The molecule has 0 amide bonds. The first-order valence-corrected chi connectivity index (χ1v) is 4.62. The Labute approximate surface area is 73.8 Å². The molecule has 2 nitrogen and oxygen atoms in total. The van der Waals surface area contributed by atoms with Gasteiger partial charge in [0, 0.05) is 24.9 Å². The van der Waals surface area contributed by atoms with Gasteiger partial charge in [0.15, 0.2) is 0 Å². The van der Waals surface area contributed by atoms with Gasteiger partial charge in [0.1, 0.15) is 11.5 Å². The van der Waals surface area contributed by atoms with Crippen molar-refractivity contribution in [1.82, 2.24) is 0 Å². The Bertz CT molecular complexity index is 218. The first-order valence-electron chi connectivity index (χ1n) is 4.62. The van der Waals surface area contributed by atoms with Crippen LogP contribution in [0, 0.1) is 0 Å². The molecule has 0 unspecified atom stereocenters. The van der Waals surface area contributed by atoms with Crippen LogP contribution in [0.2, 0.25) is 0 Å². The molecule has 0 aromatic carbocycles. The fourth-order valence-corrected chi connectivity index (χ4v) is 1.37. The van der Waals surface area contributed by atoms with Crippen LogP contribution in [-0.2, 0) is 19.4 Å². The third kappa shape index (κ3) is 1.89. The quantitative estimate of drug-likeness (QED) is 0.747. The molecule has 0 spiro atoms. The van der Waals surface area contributed by atoms with E-state index in [-0.39, 0.29) is 0 Å². The van der Waals surface area contributed by atoms with E-state index in [2.05, 4.69) is 19.9 Å². The van der Waals surface area contributed by atoms with Gasteiger partial charge in [-0.25, -0.2) is 0 Å². The summed E-state index contributed by atoms with van der Waals surface area (Å²) in [5.74, 6) is 2.13. The number of nitrogens with two attached hydrogens (primary N) is 1. The van der Waals surface area contributed by atoms with Crippen molar-refractivity contribution in [2.75, 3.05) is 0 Å². The molecule has 0 atom stereocenters. The molecule has 0 aliphatic heterocycles. The van der Waals surface area contributed by atoms with Crippen LogP contribution < -0.4 is 5.73 Å². The SMILES string of the molecule is CCCc1cc(CN)c(CC)o1. The van der Waals surface area contributed by atoms with E-state index in [9.17, 15) is 0 Å². The van der Waals surface area contributed by atoms with Gasteiger partial charge in [-0.1, -0.05) is 13.8 Å². The number of furan rings is 1. The van der Waals surface area contributed by atoms with Crippen LogP contribution in [0.4, 0.5) is 0 Å². The molecular weight excluding hydrogens is 150 g/mol. The molecule has 2 N–H and O–H groups in total. The summed E-state index contributed by atoms with van der Waals surface area (Å²) in [5.41, 5.74) is 6.74. The fourth-order valence-electron chi connectivity index (χ4n) is 1.37. The second-order valence-corrected chi connectivity index (χ2v) is 2.97. The summed E-state index contributed by atoms with van der Waals surface area (Å²) < 4.78 is 5.62. The Balaban J connectivity index is 2.81. The Morgan fingerprint density at radius 2 is 2.17 bits per heavy atom. The highest BCUT2D eigenvalue weighted by Gasteiger charge is 2.06. The standard InChI is InChI=1S/C10H17NO/c1-3-5-9-6-8(7-11)10(4-2)12-9/h6H,3-5,7,11H2,1-2H3. The van der Waals surface area contributed by atoms with Crippen molar-refractivity contribution in [2.24, 2.45) is 5.73 Å². The maximum absolute atomic E-state index is 5.62. The molecule has 0 aliphatic carbocycles. The van der Waals surface area contributed by atoms with Crippen LogP contribution >= 0.6 is 0 Å². The predicted molar refractivity (Wildman–Crippen MR) is 50.0 cm³/mol. The number of hydrogen-bond acceptors (Lipinski definition) is 2. The highest BCUT2D eigenvalue weighted by molar-refractivity contribution is 5.21. The van der Waals surface area contributed by atoms with Crippen molar-refractivity contribution in [3.63, 3.8) is 0 Å². The molecule has 68 valence electrons. The number of aryl methyl sites for hydroxylation is 2. The molecule has 0 fully saturated rings. The average Bonchev–Trinajstić information content (AvgIpc) is 2.48. The van der Waals surface area contributed by atoms with Crippen LogP contribution in [0.3, 0.4) is 0 Å². The summed E-state index contributed by atoms with van der Waals surface area (Å²) in [6, 6.07) is 2.09. The van der Waals surface area contributed by atoms with Gasteiger partial charge in [0.25, 0.3) is 0 Å². The van der Waals surface area contributed by atoms with E-state index in [0.29, 0.717) is 6.54 Å². The van der Waals surface area contributed by atoms with Crippen LogP contribution in [0.25, 0.3) is 0 Å². The highest BCUT2D eigenvalue weighted by Crippen LogP contribution is 2.16. The van der Waals surface area contributed by atoms with Gasteiger partial charge < -0.3 is 10.2 Å². The Morgan fingerprint density at radius 3 is 2.58 bits per heavy atom. The topological polar surface area (TPSA) is 39.2 Å². The van der Waals surface area contributed by atoms with Gasteiger partial charge >= 0.3 is 0 Å². The first-order chi connectivity index (χ1) is 5.81. The van der Waals surface area contributed by atoms with E-state index in [4.69, 9.17) is 10.2 Å². The van der Waals surface area contributed by atoms with E-state index in [1.165, 1.54) is 5.56 Å². The number of hydrogen-bond donors (Lipinski definition) is 1. The molecule has 0 aliphatic rings. The minimum absolute atomic E-state index is 0.594. The minimum atomic E-state index is 0.594. The van der Waals surface area contributed by atoms with Crippen molar-refractivity contribution >= 4 is 0 Å². The summed E-state index contributed by atoms with van der Waals surface area (Å²) >= 11 is 0. The van der Waals surface area contributed by atoms with E-state index >= 15 is 0 Å². The second kappa shape index (κ2) is 4.31. The lowest BCUT2D eigenvalue weighted by Gasteiger charge is -1.92. The molecular formula is C10H17NO. The lowest BCUT2D eigenvalue weighted by Crippen LogP contribution is -1.96. The molecule has 0 radical (unpaired) electrons. The monoisotopic (exact) mass is 167 g/mol. The molecule has 1 rings (SSSR count). The zero-order valence-electron chi connectivity index (χ0n) is 7.89. The lowest BCUT2D eigenvalue weighted by atomic mass is 10.2. The molecule has 0 saturated carbocycles. The molecule has 0 bridgehead atoms. The predicted octanol–water partition coefficient (Wildman–Crippen LogP) is 2.25. The molecule has 1 aromatic heterocycles. The van der Waals surface area contributed by atoms with Crippen molar-refractivity contribution in [3.05, 3.63) is 23.2 Å². The van der Waals surface area contributed by atoms with Crippen LogP contribution in [0.5, 0.6) is 0 Å². The third-order valence-electron chi connectivity index (χ3n) is 1.99. The maximum atomic E-state index is 5.62. The van der Waals surface area contributed by atoms with E-state index in [1.807, 2.05) is 0 Å². The van der Waals surface area contributed by atoms with Gasteiger partial charge in [0.05, 0.1) is 0 Å². The van der Waals surface area contributed by atoms with Crippen molar-refractivity contribution < 1.29 is 4.42 Å². The summed E-state index contributed by atoms with van der Waals surface area (Å²) in [7, 11) is 0. The normalized spacial score (nSPS) is 10.6. The maximum Gasteiger partial charge on any atom is 0.108 e.